The molecule has 0 aliphatic heterocycles. The van der Waals surface area contributed by atoms with Crippen LogP contribution in [0, 0.1) is 30.1 Å². The summed E-state index contributed by atoms with van der Waals surface area (Å²) in [5.41, 5.74) is 2.12. The van der Waals surface area contributed by atoms with Gasteiger partial charge < -0.3 is 10.1 Å². The summed E-state index contributed by atoms with van der Waals surface area (Å²) in [7, 11) is 1.65. The van der Waals surface area contributed by atoms with Crippen LogP contribution in [0.15, 0.2) is 18.2 Å². The third-order valence-corrected chi connectivity index (χ3v) is 2.84. The van der Waals surface area contributed by atoms with Gasteiger partial charge in [0.05, 0.1) is 24.8 Å². The van der Waals surface area contributed by atoms with E-state index >= 15 is 0 Å². The van der Waals surface area contributed by atoms with Crippen LogP contribution in [0.3, 0.4) is 0 Å². The van der Waals surface area contributed by atoms with Crippen LogP contribution < -0.4 is 10.1 Å². The molecule has 0 heterocycles. The number of benzene rings is 1. The first-order chi connectivity index (χ1) is 8.08. The fraction of sp³-hybridized carbons (Fsp3) is 0.500. The van der Waals surface area contributed by atoms with Crippen molar-refractivity contribution in [2.24, 2.45) is 11.8 Å². The highest BCUT2D eigenvalue weighted by molar-refractivity contribution is 5.58. The molecule has 1 aromatic rings. The van der Waals surface area contributed by atoms with Crippen LogP contribution in [0.5, 0.6) is 5.75 Å². The molecular weight excluding hydrogens is 212 g/mol. The first-order valence-corrected chi connectivity index (χ1v) is 5.86. The lowest BCUT2D eigenvalue weighted by molar-refractivity contribution is 0.415. The number of methoxy groups -OCH3 is 1. The average molecular weight is 232 g/mol. The van der Waals surface area contributed by atoms with E-state index in [-0.39, 0.29) is 5.92 Å². The van der Waals surface area contributed by atoms with Gasteiger partial charge in [-0.15, -0.1) is 0 Å². The molecule has 0 fully saturated rings. The highest BCUT2D eigenvalue weighted by Gasteiger charge is 2.12. The Balaban J connectivity index is 2.74. The maximum Gasteiger partial charge on any atom is 0.141 e. The average Bonchev–Trinajstić information content (AvgIpc) is 2.29. The molecule has 0 bridgehead atoms. The van der Waals surface area contributed by atoms with E-state index in [1.165, 1.54) is 5.56 Å². The van der Waals surface area contributed by atoms with E-state index in [4.69, 9.17) is 10.00 Å². The topological polar surface area (TPSA) is 45.0 Å². The van der Waals surface area contributed by atoms with Crippen molar-refractivity contribution in [3.8, 4) is 11.8 Å². The van der Waals surface area contributed by atoms with Crippen molar-refractivity contribution in [1.29, 1.82) is 5.26 Å². The molecule has 3 heteroatoms. The van der Waals surface area contributed by atoms with E-state index in [2.05, 4.69) is 25.2 Å². The van der Waals surface area contributed by atoms with Gasteiger partial charge in [0.2, 0.25) is 0 Å². The zero-order valence-corrected chi connectivity index (χ0v) is 10.9. The molecule has 1 unspecified atom stereocenters. The van der Waals surface area contributed by atoms with Gasteiger partial charge in [-0.3, -0.25) is 0 Å². The quantitative estimate of drug-likeness (QED) is 0.847. The molecule has 3 nitrogen and oxygen atoms in total. The molecule has 1 atom stereocenters. The Morgan fingerprint density at radius 3 is 2.65 bits per heavy atom. The summed E-state index contributed by atoms with van der Waals surface area (Å²) in [6.45, 7) is 6.80. The summed E-state index contributed by atoms with van der Waals surface area (Å²) in [5, 5.41) is 12.3. The zero-order valence-electron chi connectivity index (χ0n) is 10.9. The smallest absolute Gasteiger partial charge is 0.141 e. The number of aryl methyl sites for hydroxylation is 1. The van der Waals surface area contributed by atoms with Gasteiger partial charge >= 0.3 is 0 Å². The molecule has 0 spiro atoms. The van der Waals surface area contributed by atoms with Gasteiger partial charge in [-0.05, 0) is 30.5 Å². The van der Waals surface area contributed by atoms with Crippen LogP contribution in [0.1, 0.15) is 19.4 Å². The number of ether oxygens (including phenoxy) is 1. The van der Waals surface area contributed by atoms with E-state index in [0.29, 0.717) is 12.5 Å². The van der Waals surface area contributed by atoms with Gasteiger partial charge in [0.15, 0.2) is 0 Å². The standard InChI is InChI=1S/C14H20N2O/c1-10(2)12(8-15)9-16-13-7-11(3)5-6-14(13)17-4/h5-7,10,12,16H,9H2,1-4H3. The molecule has 1 aromatic carbocycles. The van der Waals surface area contributed by atoms with E-state index in [1.54, 1.807) is 7.11 Å². The highest BCUT2D eigenvalue weighted by atomic mass is 16.5. The highest BCUT2D eigenvalue weighted by Crippen LogP contribution is 2.25. The van der Waals surface area contributed by atoms with Crippen LogP contribution in [-0.2, 0) is 0 Å². The summed E-state index contributed by atoms with van der Waals surface area (Å²) < 4.78 is 5.28. The van der Waals surface area contributed by atoms with E-state index in [0.717, 1.165) is 11.4 Å². The van der Waals surface area contributed by atoms with Crippen molar-refractivity contribution in [3.05, 3.63) is 23.8 Å². The largest absolute Gasteiger partial charge is 0.495 e. The SMILES string of the molecule is COc1ccc(C)cc1NCC(C#N)C(C)C. The third kappa shape index (κ3) is 3.67. The lowest BCUT2D eigenvalue weighted by Gasteiger charge is -2.16. The Morgan fingerprint density at radius 2 is 2.12 bits per heavy atom. The molecular formula is C14H20N2O. The summed E-state index contributed by atoms with van der Waals surface area (Å²) >= 11 is 0. The van der Waals surface area contributed by atoms with E-state index in [9.17, 15) is 0 Å². The number of nitrogens with zero attached hydrogens (tertiary/aromatic N) is 1. The Bertz CT molecular complexity index is 407. The van der Waals surface area contributed by atoms with Crippen LogP contribution in [-0.4, -0.2) is 13.7 Å². The van der Waals surface area contributed by atoms with Gasteiger partial charge in [0.25, 0.3) is 0 Å². The number of rotatable bonds is 5. The normalized spacial score (nSPS) is 12.0. The van der Waals surface area contributed by atoms with Gasteiger partial charge in [-0.2, -0.15) is 5.26 Å². The first kappa shape index (κ1) is 13.4. The second-order valence-corrected chi connectivity index (χ2v) is 4.56. The van der Waals surface area contributed by atoms with Crippen molar-refractivity contribution >= 4 is 5.69 Å². The molecule has 0 radical (unpaired) electrons. The zero-order chi connectivity index (χ0) is 12.8. The van der Waals surface area contributed by atoms with Crippen LogP contribution >= 0.6 is 0 Å². The predicted molar refractivity (Wildman–Crippen MR) is 70.2 cm³/mol. The Labute approximate surface area is 103 Å². The molecule has 0 aromatic heterocycles. The third-order valence-electron chi connectivity index (χ3n) is 2.84. The maximum absolute atomic E-state index is 9.03. The van der Waals surface area contributed by atoms with Crippen molar-refractivity contribution in [2.45, 2.75) is 20.8 Å². The summed E-state index contributed by atoms with van der Waals surface area (Å²) in [5.74, 6) is 1.18. The lowest BCUT2D eigenvalue weighted by Crippen LogP contribution is -2.18. The van der Waals surface area contributed by atoms with Crippen molar-refractivity contribution < 1.29 is 4.74 Å². The lowest BCUT2D eigenvalue weighted by atomic mass is 9.97. The minimum absolute atomic E-state index is 0.0141. The second kappa shape index (κ2) is 6.15. The van der Waals surface area contributed by atoms with Crippen molar-refractivity contribution in [3.63, 3.8) is 0 Å². The number of hydrogen-bond donors (Lipinski definition) is 1. The minimum atomic E-state index is 0.0141. The Kier molecular flexibility index (Phi) is 4.84. The molecule has 1 rings (SSSR count). The van der Waals surface area contributed by atoms with E-state index in [1.807, 2.05) is 25.1 Å². The molecule has 92 valence electrons. The van der Waals surface area contributed by atoms with Gasteiger partial charge in [-0.25, -0.2) is 0 Å². The van der Waals surface area contributed by atoms with Crippen LogP contribution in [0.2, 0.25) is 0 Å². The number of hydrogen-bond acceptors (Lipinski definition) is 3. The van der Waals surface area contributed by atoms with Crippen LogP contribution in [0.25, 0.3) is 0 Å². The first-order valence-electron chi connectivity index (χ1n) is 5.86. The molecule has 0 aliphatic rings. The number of anilines is 1. The van der Waals surface area contributed by atoms with Gasteiger partial charge in [0.1, 0.15) is 5.75 Å². The Hall–Kier alpha value is -1.69. The maximum atomic E-state index is 9.03. The van der Waals surface area contributed by atoms with Gasteiger partial charge in [0, 0.05) is 6.54 Å². The molecule has 0 aliphatic carbocycles. The molecule has 17 heavy (non-hydrogen) atoms. The monoisotopic (exact) mass is 232 g/mol. The van der Waals surface area contributed by atoms with Crippen molar-refractivity contribution in [2.75, 3.05) is 19.0 Å². The summed E-state index contributed by atoms with van der Waals surface area (Å²) in [6, 6.07) is 8.30. The fourth-order valence-electron chi connectivity index (χ4n) is 1.61. The molecule has 0 saturated heterocycles. The fourth-order valence-corrected chi connectivity index (χ4v) is 1.61. The summed E-state index contributed by atoms with van der Waals surface area (Å²) in [4.78, 5) is 0. The summed E-state index contributed by atoms with van der Waals surface area (Å²) in [6.07, 6.45) is 0. The second-order valence-electron chi connectivity index (χ2n) is 4.56. The number of nitrogens with one attached hydrogen (secondary N) is 1. The minimum Gasteiger partial charge on any atom is -0.495 e. The van der Waals surface area contributed by atoms with Crippen molar-refractivity contribution in [1.82, 2.24) is 0 Å². The van der Waals surface area contributed by atoms with Gasteiger partial charge in [-0.1, -0.05) is 19.9 Å². The molecule has 0 saturated carbocycles. The Morgan fingerprint density at radius 1 is 1.41 bits per heavy atom. The molecule has 1 N–H and O–H groups in total. The predicted octanol–water partition coefficient (Wildman–Crippen LogP) is 3.21. The molecule has 0 amide bonds. The number of nitriles is 1. The van der Waals surface area contributed by atoms with Crippen LogP contribution in [0.4, 0.5) is 5.69 Å². The van der Waals surface area contributed by atoms with E-state index < -0.39 is 0 Å².